The van der Waals surface area contributed by atoms with E-state index in [4.69, 9.17) is 9.47 Å². The molecule has 3 heteroatoms. The number of hydrogen-bond acceptors (Lipinski definition) is 3. The van der Waals surface area contributed by atoms with E-state index in [0.29, 0.717) is 12.0 Å². The Morgan fingerprint density at radius 3 is 2.45 bits per heavy atom. The maximum absolute atomic E-state index is 5.87. The Kier molecular flexibility index (Phi) is 4.59. The molecule has 2 unspecified atom stereocenters. The van der Waals surface area contributed by atoms with E-state index < -0.39 is 0 Å². The zero-order chi connectivity index (χ0) is 14.8. The summed E-state index contributed by atoms with van der Waals surface area (Å²) >= 11 is 0. The molecular weight excluding hydrogens is 250 g/mol. The van der Waals surface area contributed by atoms with Crippen molar-refractivity contribution >= 4 is 0 Å². The van der Waals surface area contributed by atoms with Gasteiger partial charge in [0.25, 0.3) is 0 Å². The Bertz CT molecular complexity index is 451. The SMILES string of the molecule is CNC(CC(C)(C)C)c1ccc2c(c1)OCC(C)CO2. The molecule has 0 saturated carbocycles. The van der Waals surface area contributed by atoms with E-state index in [9.17, 15) is 0 Å². The van der Waals surface area contributed by atoms with Gasteiger partial charge in [-0.25, -0.2) is 0 Å². The standard InChI is InChI=1S/C17H27NO2/c1-12-10-19-15-7-6-13(8-16(15)20-11-12)14(18-5)9-17(2,3)4/h6-8,12,14,18H,9-11H2,1-5H3. The molecule has 1 aromatic rings. The van der Waals surface area contributed by atoms with Crippen LogP contribution in [-0.2, 0) is 0 Å². The van der Waals surface area contributed by atoms with E-state index in [0.717, 1.165) is 31.1 Å². The van der Waals surface area contributed by atoms with Crippen LogP contribution in [0.1, 0.15) is 45.7 Å². The predicted molar refractivity (Wildman–Crippen MR) is 82.5 cm³/mol. The van der Waals surface area contributed by atoms with Crippen LogP contribution in [0.5, 0.6) is 11.5 Å². The van der Waals surface area contributed by atoms with Crippen LogP contribution in [0, 0.1) is 11.3 Å². The summed E-state index contributed by atoms with van der Waals surface area (Å²) in [5.41, 5.74) is 1.55. The van der Waals surface area contributed by atoms with Gasteiger partial charge >= 0.3 is 0 Å². The van der Waals surface area contributed by atoms with Crippen LogP contribution in [-0.4, -0.2) is 20.3 Å². The maximum atomic E-state index is 5.87. The van der Waals surface area contributed by atoms with Crippen LogP contribution in [0.25, 0.3) is 0 Å². The molecule has 112 valence electrons. The first-order valence-electron chi connectivity index (χ1n) is 7.46. The minimum absolute atomic E-state index is 0.284. The molecule has 2 atom stereocenters. The van der Waals surface area contributed by atoms with E-state index in [2.05, 4.69) is 45.1 Å². The van der Waals surface area contributed by atoms with Gasteiger partial charge in [0.05, 0.1) is 13.2 Å². The minimum atomic E-state index is 0.284. The summed E-state index contributed by atoms with van der Waals surface area (Å²) in [6.07, 6.45) is 1.08. The van der Waals surface area contributed by atoms with Gasteiger partial charge in [0.15, 0.2) is 11.5 Å². The van der Waals surface area contributed by atoms with Crippen LogP contribution < -0.4 is 14.8 Å². The second-order valence-electron chi connectivity index (χ2n) is 7.04. The normalized spacial score (nSPS) is 20.4. The summed E-state index contributed by atoms with van der Waals surface area (Å²) in [4.78, 5) is 0. The van der Waals surface area contributed by atoms with Gasteiger partial charge < -0.3 is 14.8 Å². The summed E-state index contributed by atoms with van der Waals surface area (Å²) in [6.45, 7) is 10.4. The third-order valence-electron chi connectivity index (χ3n) is 3.58. The van der Waals surface area contributed by atoms with Gasteiger partial charge in [-0.05, 0) is 36.6 Å². The lowest BCUT2D eigenvalue weighted by Crippen LogP contribution is -2.22. The summed E-state index contributed by atoms with van der Waals surface area (Å²) in [5.74, 6) is 2.17. The van der Waals surface area contributed by atoms with Gasteiger partial charge in [0, 0.05) is 12.0 Å². The smallest absolute Gasteiger partial charge is 0.161 e. The molecule has 1 heterocycles. The Hall–Kier alpha value is -1.22. The van der Waals surface area contributed by atoms with Crippen molar-refractivity contribution < 1.29 is 9.47 Å². The molecule has 1 N–H and O–H groups in total. The van der Waals surface area contributed by atoms with E-state index in [-0.39, 0.29) is 5.41 Å². The van der Waals surface area contributed by atoms with Crippen LogP contribution in [0.4, 0.5) is 0 Å². The van der Waals surface area contributed by atoms with Crippen LogP contribution in [0.15, 0.2) is 18.2 Å². The molecule has 2 rings (SSSR count). The number of fused-ring (bicyclic) bond motifs is 1. The van der Waals surface area contributed by atoms with Gasteiger partial charge in [0.1, 0.15) is 0 Å². The van der Waals surface area contributed by atoms with Crippen molar-refractivity contribution in [1.29, 1.82) is 0 Å². The molecule has 0 radical (unpaired) electrons. The third-order valence-corrected chi connectivity index (χ3v) is 3.58. The maximum Gasteiger partial charge on any atom is 0.161 e. The van der Waals surface area contributed by atoms with Crippen LogP contribution >= 0.6 is 0 Å². The third kappa shape index (κ3) is 3.89. The van der Waals surface area contributed by atoms with Gasteiger partial charge in [0.2, 0.25) is 0 Å². The van der Waals surface area contributed by atoms with Crippen LogP contribution in [0.3, 0.4) is 0 Å². The topological polar surface area (TPSA) is 30.5 Å². The number of hydrogen-bond donors (Lipinski definition) is 1. The van der Waals surface area contributed by atoms with Crippen molar-refractivity contribution in [3.63, 3.8) is 0 Å². The van der Waals surface area contributed by atoms with E-state index in [1.165, 1.54) is 5.56 Å². The highest BCUT2D eigenvalue weighted by Crippen LogP contribution is 2.36. The Labute approximate surface area is 122 Å². The fourth-order valence-electron chi connectivity index (χ4n) is 2.48. The van der Waals surface area contributed by atoms with Crippen molar-refractivity contribution in [2.24, 2.45) is 11.3 Å². The van der Waals surface area contributed by atoms with E-state index >= 15 is 0 Å². The number of ether oxygens (including phenoxy) is 2. The second kappa shape index (κ2) is 6.04. The minimum Gasteiger partial charge on any atom is -0.489 e. The highest BCUT2D eigenvalue weighted by molar-refractivity contribution is 5.44. The first-order chi connectivity index (χ1) is 9.39. The molecule has 1 aromatic carbocycles. The van der Waals surface area contributed by atoms with Gasteiger partial charge in [-0.3, -0.25) is 0 Å². The Morgan fingerprint density at radius 1 is 1.20 bits per heavy atom. The molecule has 0 spiro atoms. The lowest BCUT2D eigenvalue weighted by Gasteiger charge is -2.26. The zero-order valence-electron chi connectivity index (χ0n) is 13.3. The average molecular weight is 277 g/mol. The first-order valence-corrected chi connectivity index (χ1v) is 7.46. The number of benzene rings is 1. The predicted octanol–water partition coefficient (Wildman–Crippen LogP) is 3.79. The summed E-state index contributed by atoms with van der Waals surface area (Å²) in [5, 5.41) is 3.41. The molecule has 0 aliphatic carbocycles. The zero-order valence-corrected chi connectivity index (χ0v) is 13.3. The summed E-state index contributed by atoms with van der Waals surface area (Å²) < 4.78 is 11.7. The molecule has 20 heavy (non-hydrogen) atoms. The van der Waals surface area contributed by atoms with Crippen molar-refractivity contribution in [3.8, 4) is 11.5 Å². The molecule has 1 aliphatic heterocycles. The fourth-order valence-corrected chi connectivity index (χ4v) is 2.48. The van der Waals surface area contributed by atoms with Crippen LogP contribution in [0.2, 0.25) is 0 Å². The monoisotopic (exact) mass is 277 g/mol. The number of nitrogens with one attached hydrogen (secondary N) is 1. The lowest BCUT2D eigenvalue weighted by atomic mass is 9.85. The van der Waals surface area contributed by atoms with Crippen molar-refractivity contribution in [1.82, 2.24) is 5.32 Å². The average Bonchev–Trinajstić information content (AvgIpc) is 2.57. The molecule has 0 saturated heterocycles. The van der Waals surface area contributed by atoms with Gasteiger partial charge in [-0.2, -0.15) is 0 Å². The quantitative estimate of drug-likeness (QED) is 0.911. The molecular formula is C17H27NO2. The largest absolute Gasteiger partial charge is 0.489 e. The van der Waals surface area contributed by atoms with E-state index in [1.807, 2.05) is 13.1 Å². The van der Waals surface area contributed by atoms with E-state index in [1.54, 1.807) is 0 Å². The van der Waals surface area contributed by atoms with Gasteiger partial charge in [-0.15, -0.1) is 0 Å². The lowest BCUT2D eigenvalue weighted by molar-refractivity contribution is 0.228. The number of rotatable bonds is 3. The molecule has 0 fully saturated rings. The molecule has 0 aromatic heterocycles. The highest BCUT2D eigenvalue weighted by atomic mass is 16.5. The molecule has 0 bridgehead atoms. The molecule has 0 amide bonds. The summed E-state index contributed by atoms with van der Waals surface area (Å²) in [7, 11) is 2.02. The first kappa shape index (κ1) is 15.2. The van der Waals surface area contributed by atoms with Crippen molar-refractivity contribution in [3.05, 3.63) is 23.8 Å². The summed E-state index contributed by atoms with van der Waals surface area (Å²) in [6, 6.07) is 6.64. The Balaban J connectivity index is 2.21. The second-order valence-corrected chi connectivity index (χ2v) is 7.04. The highest BCUT2D eigenvalue weighted by Gasteiger charge is 2.21. The van der Waals surface area contributed by atoms with Gasteiger partial charge in [-0.1, -0.05) is 33.8 Å². The molecule has 3 nitrogen and oxygen atoms in total. The molecule has 1 aliphatic rings. The Morgan fingerprint density at radius 2 is 1.85 bits per heavy atom. The van der Waals surface area contributed by atoms with Crippen molar-refractivity contribution in [2.45, 2.75) is 40.2 Å². The fraction of sp³-hybridized carbons (Fsp3) is 0.647. The van der Waals surface area contributed by atoms with Crippen molar-refractivity contribution in [2.75, 3.05) is 20.3 Å².